The van der Waals surface area contributed by atoms with E-state index in [0.717, 1.165) is 10.4 Å². The molecular weight excluding hydrogens is 390 g/mol. The van der Waals surface area contributed by atoms with Crippen molar-refractivity contribution in [3.8, 4) is 0 Å². The van der Waals surface area contributed by atoms with Gasteiger partial charge in [0.1, 0.15) is 0 Å². The van der Waals surface area contributed by atoms with Crippen LogP contribution >= 0.6 is 11.3 Å². The van der Waals surface area contributed by atoms with Gasteiger partial charge in [-0.25, -0.2) is 0 Å². The lowest BCUT2D eigenvalue weighted by Crippen LogP contribution is -2.30. The molecule has 4 heteroatoms. The van der Waals surface area contributed by atoms with Crippen LogP contribution in [0.15, 0.2) is 97.1 Å². The van der Waals surface area contributed by atoms with Crippen molar-refractivity contribution >= 4 is 17.2 Å². The Morgan fingerprint density at radius 2 is 1.50 bits per heavy atom. The normalized spacial score (nSPS) is 11.9. The lowest BCUT2D eigenvalue weighted by molar-refractivity contribution is 0.0920. The van der Waals surface area contributed by atoms with Gasteiger partial charge in [-0.05, 0) is 41.0 Å². The topological polar surface area (TPSA) is 49.3 Å². The largest absolute Gasteiger partial charge is 0.394 e. The first-order chi connectivity index (χ1) is 14.8. The smallest absolute Gasteiger partial charge is 0.261 e. The molecule has 149 valence electrons. The highest BCUT2D eigenvalue weighted by Crippen LogP contribution is 2.36. The van der Waals surface area contributed by atoms with Crippen LogP contribution in [0.25, 0.3) is 0 Å². The van der Waals surface area contributed by atoms with E-state index in [4.69, 9.17) is 0 Å². The zero-order valence-electron chi connectivity index (χ0n) is 16.4. The van der Waals surface area contributed by atoms with E-state index in [2.05, 4.69) is 35.6 Å². The van der Waals surface area contributed by atoms with Crippen LogP contribution in [0.2, 0.25) is 0 Å². The van der Waals surface area contributed by atoms with Crippen LogP contribution in [0, 0.1) is 6.07 Å². The summed E-state index contributed by atoms with van der Waals surface area (Å²) in [5, 5.41) is 12.7. The van der Waals surface area contributed by atoms with E-state index < -0.39 is 6.04 Å². The molecule has 1 amide bonds. The van der Waals surface area contributed by atoms with Crippen molar-refractivity contribution in [2.75, 3.05) is 6.61 Å². The molecule has 1 heterocycles. The molecule has 30 heavy (non-hydrogen) atoms. The molecule has 0 saturated carbocycles. The summed E-state index contributed by atoms with van der Waals surface area (Å²) < 4.78 is 0. The van der Waals surface area contributed by atoms with Gasteiger partial charge in [-0.15, -0.1) is 11.3 Å². The molecule has 0 spiro atoms. The molecule has 4 rings (SSSR count). The van der Waals surface area contributed by atoms with Gasteiger partial charge < -0.3 is 10.4 Å². The lowest BCUT2D eigenvalue weighted by atomic mass is 9.90. The minimum absolute atomic E-state index is 0.0660. The van der Waals surface area contributed by atoms with Crippen LogP contribution in [0.4, 0.5) is 0 Å². The first kappa shape index (κ1) is 20.1. The maximum absolute atomic E-state index is 12.9. The van der Waals surface area contributed by atoms with Gasteiger partial charge >= 0.3 is 0 Å². The Balaban J connectivity index is 1.60. The molecule has 2 N–H and O–H groups in total. The summed E-state index contributed by atoms with van der Waals surface area (Å²) in [7, 11) is 0. The maximum atomic E-state index is 12.9. The summed E-state index contributed by atoms with van der Waals surface area (Å²) >= 11 is 1.48. The molecule has 0 aliphatic heterocycles. The number of hydrogen-bond donors (Lipinski definition) is 2. The van der Waals surface area contributed by atoms with E-state index in [-0.39, 0.29) is 18.4 Å². The number of carbonyl (C=O) groups excluding carboxylic acids is 1. The molecule has 0 saturated heterocycles. The molecule has 0 fully saturated rings. The first-order valence-electron chi connectivity index (χ1n) is 9.83. The highest BCUT2D eigenvalue weighted by molar-refractivity contribution is 7.14. The number of carbonyl (C=O) groups is 1. The predicted molar refractivity (Wildman–Crippen MR) is 121 cm³/mol. The van der Waals surface area contributed by atoms with Crippen molar-refractivity contribution in [1.82, 2.24) is 5.32 Å². The first-order valence-corrected chi connectivity index (χ1v) is 10.7. The summed E-state index contributed by atoms with van der Waals surface area (Å²) in [6, 6.07) is 34.3. The average Bonchev–Trinajstić information content (AvgIpc) is 3.29. The fraction of sp³-hybridized carbons (Fsp3) is 0.115. The summed E-state index contributed by atoms with van der Waals surface area (Å²) in [6.07, 6.45) is 0. The van der Waals surface area contributed by atoms with Crippen LogP contribution in [-0.2, 0) is 0 Å². The monoisotopic (exact) mass is 412 g/mol. The van der Waals surface area contributed by atoms with Crippen molar-refractivity contribution in [3.05, 3.63) is 130 Å². The van der Waals surface area contributed by atoms with Crippen LogP contribution in [0.5, 0.6) is 0 Å². The molecule has 0 unspecified atom stereocenters. The molecule has 4 aromatic rings. The van der Waals surface area contributed by atoms with Crippen LogP contribution in [0.1, 0.15) is 43.2 Å². The van der Waals surface area contributed by atoms with Crippen molar-refractivity contribution in [2.45, 2.75) is 12.0 Å². The fourth-order valence-corrected chi connectivity index (χ4v) is 4.60. The highest BCUT2D eigenvalue weighted by atomic mass is 32.1. The Hall–Kier alpha value is -3.21. The summed E-state index contributed by atoms with van der Waals surface area (Å²) in [5.41, 5.74) is 3.20. The Morgan fingerprint density at radius 3 is 2.07 bits per heavy atom. The van der Waals surface area contributed by atoms with E-state index in [1.165, 1.54) is 22.5 Å². The van der Waals surface area contributed by atoms with Crippen LogP contribution in [-0.4, -0.2) is 17.6 Å². The average molecular weight is 413 g/mol. The Bertz CT molecular complexity index is 1040. The summed E-state index contributed by atoms with van der Waals surface area (Å²) in [5.74, 6) is -0.120. The molecule has 1 atom stereocenters. The number of amides is 1. The SMILES string of the molecule is O=C(N[C@H](CO)c1c[c]ccc1)c1ccc(C(c2ccccc2)c2ccccc2)s1. The van der Waals surface area contributed by atoms with Gasteiger partial charge in [0.15, 0.2) is 0 Å². The van der Waals surface area contributed by atoms with Gasteiger partial charge in [-0.3, -0.25) is 4.79 Å². The minimum Gasteiger partial charge on any atom is -0.394 e. The van der Waals surface area contributed by atoms with E-state index in [0.29, 0.717) is 4.88 Å². The van der Waals surface area contributed by atoms with Crippen molar-refractivity contribution in [1.29, 1.82) is 0 Å². The molecule has 1 aromatic heterocycles. The number of benzene rings is 3. The number of thiophene rings is 1. The van der Waals surface area contributed by atoms with Gasteiger partial charge in [-0.2, -0.15) is 0 Å². The molecule has 3 nitrogen and oxygen atoms in total. The summed E-state index contributed by atoms with van der Waals surface area (Å²) in [6.45, 7) is -0.168. The molecule has 3 aromatic carbocycles. The number of aliphatic hydroxyl groups is 1. The molecule has 0 bridgehead atoms. The van der Waals surface area contributed by atoms with Gasteiger partial charge in [0.2, 0.25) is 0 Å². The van der Waals surface area contributed by atoms with Gasteiger partial charge in [0, 0.05) is 10.8 Å². The molecule has 0 aliphatic carbocycles. The Kier molecular flexibility index (Phi) is 6.38. The number of rotatable bonds is 7. The van der Waals surface area contributed by atoms with Crippen molar-refractivity contribution in [3.63, 3.8) is 0 Å². The third-order valence-corrected chi connectivity index (χ3v) is 6.17. The van der Waals surface area contributed by atoms with E-state index in [1.807, 2.05) is 60.7 Å². The fourth-order valence-electron chi connectivity index (χ4n) is 3.53. The predicted octanol–water partition coefficient (Wildman–Crippen LogP) is 5.19. The number of aliphatic hydroxyl groups excluding tert-OH is 1. The molecule has 0 aliphatic rings. The van der Waals surface area contributed by atoms with Gasteiger partial charge in [0.25, 0.3) is 5.91 Å². The number of nitrogens with one attached hydrogen (secondary N) is 1. The second kappa shape index (κ2) is 9.53. The zero-order chi connectivity index (χ0) is 20.8. The minimum atomic E-state index is -0.459. The van der Waals surface area contributed by atoms with E-state index in [9.17, 15) is 9.90 Å². The Labute approximate surface area is 180 Å². The lowest BCUT2D eigenvalue weighted by Gasteiger charge is -2.17. The van der Waals surface area contributed by atoms with Gasteiger partial charge in [-0.1, -0.05) is 78.9 Å². The quantitative estimate of drug-likeness (QED) is 0.439. The van der Waals surface area contributed by atoms with Gasteiger partial charge in [0.05, 0.1) is 17.5 Å². The van der Waals surface area contributed by atoms with E-state index in [1.54, 1.807) is 12.1 Å². The zero-order valence-corrected chi connectivity index (χ0v) is 17.2. The summed E-state index contributed by atoms with van der Waals surface area (Å²) in [4.78, 5) is 14.6. The van der Waals surface area contributed by atoms with Crippen molar-refractivity contribution < 1.29 is 9.90 Å². The van der Waals surface area contributed by atoms with E-state index >= 15 is 0 Å². The Morgan fingerprint density at radius 1 is 0.867 bits per heavy atom. The molecule has 1 radical (unpaired) electrons. The maximum Gasteiger partial charge on any atom is 0.261 e. The number of hydrogen-bond acceptors (Lipinski definition) is 3. The second-order valence-corrected chi connectivity index (χ2v) is 8.12. The molecular formula is C26H22NO2S. The standard InChI is InChI=1S/C26H22NO2S/c28-18-22(19-10-4-1-5-11-19)27-26(29)24-17-16-23(30-24)25(20-12-6-2-7-13-20)21-14-8-3-9-15-21/h1-4,6-17,22,25,28H,18H2,(H,27,29)/t22-/m1/s1. The third kappa shape index (κ3) is 4.51. The van der Waals surface area contributed by atoms with Crippen LogP contribution < -0.4 is 5.32 Å². The van der Waals surface area contributed by atoms with Crippen LogP contribution in [0.3, 0.4) is 0 Å². The van der Waals surface area contributed by atoms with Crippen molar-refractivity contribution in [2.24, 2.45) is 0 Å². The second-order valence-electron chi connectivity index (χ2n) is 7.00. The third-order valence-electron chi connectivity index (χ3n) is 5.02. The highest BCUT2D eigenvalue weighted by Gasteiger charge is 2.21.